The Hall–Kier alpha value is -3.78. The van der Waals surface area contributed by atoms with Crippen molar-refractivity contribution in [3.05, 3.63) is 55.1 Å². The van der Waals surface area contributed by atoms with Crippen molar-refractivity contribution in [2.45, 2.75) is 0 Å². The molecule has 0 amide bonds. The second-order valence-electron chi connectivity index (χ2n) is 7.31. The average Bonchev–Trinajstić information content (AvgIpc) is 3.43. The van der Waals surface area contributed by atoms with Crippen molar-refractivity contribution in [2.24, 2.45) is 0 Å². The fourth-order valence-electron chi connectivity index (χ4n) is 3.97. The van der Waals surface area contributed by atoms with Crippen molar-refractivity contribution in [1.29, 1.82) is 0 Å². The van der Waals surface area contributed by atoms with Crippen molar-refractivity contribution in [1.82, 2.24) is 30.1 Å². The molecule has 1 aliphatic rings. The molecule has 148 valence electrons. The van der Waals surface area contributed by atoms with Crippen molar-refractivity contribution >= 4 is 27.6 Å². The molecule has 1 aliphatic heterocycles. The number of anilines is 1. The van der Waals surface area contributed by atoms with Gasteiger partial charge in [-0.05, 0) is 23.8 Å². The van der Waals surface area contributed by atoms with E-state index < -0.39 is 0 Å². The summed E-state index contributed by atoms with van der Waals surface area (Å²) in [5, 5.41) is 8.68. The van der Waals surface area contributed by atoms with Gasteiger partial charge in [0.05, 0.1) is 42.3 Å². The van der Waals surface area contributed by atoms with Gasteiger partial charge in [0.2, 0.25) is 0 Å². The number of aromatic nitrogens is 6. The summed E-state index contributed by atoms with van der Waals surface area (Å²) < 4.78 is 5.48. The molecule has 2 N–H and O–H groups in total. The van der Waals surface area contributed by atoms with Gasteiger partial charge in [-0.1, -0.05) is 12.1 Å². The molecule has 0 saturated carbocycles. The van der Waals surface area contributed by atoms with Crippen LogP contribution in [0.3, 0.4) is 0 Å². The highest BCUT2D eigenvalue weighted by atomic mass is 16.5. The van der Waals surface area contributed by atoms with Gasteiger partial charge >= 0.3 is 0 Å². The largest absolute Gasteiger partial charge is 0.378 e. The summed E-state index contributed by atoms with van der Waals surface area (Å²) in [7, 11) is 0. The standard InChI is InChI=1S/C22H19N7O/c1-2-15(11-23-5-1)14-3-4-17-16(10-14)20(28-27-17)22-25-18-12-24-13-19(21(18)26-22)29-6-8-30-9-7-29/h1-5,10-13H,6-9H2,(H,25,26)(H,27,28). The van der Waals surface area contributed by atoms with E-state index in [0.29, 0.717) is 0 Å². The van der Waals surface area contributed by atoms with Crippen LogP contribution in [0.1, 0.15) is 0 Å². The van der Waals surface area contributed by atoms with E-state index in [1.165, 1.54) is 0 Å². The molecule has 0 unspecified atom stereocenters. The Bertz CT molecular complexity index is 1340. The van der Waals surface area contributed by atoms with E-state index in [4.69, 9.17) is 9.72 Å². The highest BCUT2D eigenvalue weighted by molar-refractivity contribution is 5.97. The molecule has 1 saturated heterocycles. The van der Waals surface area contributed by atoms with E-state index in [-0.39, 0.29) is 0 Å². The summed E-state index contributed by atoms with van der Waals surface area (Å²) in [4.78, 5) is 19.2. The first kappa shape index (κ1) is 17.1. The van der Waals surface area contributed by atoms with Crippen LogP contribution in [0.5, 0.6) is 0 Å². The number of morpholine rings is 1. The number of imidazole rings is 1. The third-order valence-electron chi connectivity index (χ3n) is 5.51. The van der Waals surface area contributed by atoms with Gasteiger partial charge in [-0.2, -0.15) is 5.10 Å². The van der Waals surface area contributed by atoms with Crippen LogP contribution in [0.25, 0.3) is 44.6 Å². The normalized spacial score (nSPS) is 14.6. The Morgan fingerprint density at radius 1 is 0.933 bits per heavy atom. The van der Waals surface area contributed by atoms with Crippen LogP contribution >= 0.6 is 0 Å². The van der Waals surface area contributed by atoms with Gasteiger partial charge in [0, 0.05) is 36.4 Å². The van der Waals surface area contributed by atoms with Crippen molar-refractivity contribution in [2.75, 3.05) is 31.2 Å². The number of benzene rings is 1. The predicted molar refractivity (Wildman–Crippen MR) is 115 cm³/mol. The smallest absolute Gasteiger partial charge is 0.159 e. The minimum absolute atomic E-state index is 0.717. The molecule has 30 heavy (non-hydrogen) atoms. The van der Waals surface area contributed by atoms with Gasteiger partial charge in [-0.3, -0.25) is 15.1 Å². The first-order valence-electron chi connectivity index (χ1n) is 9.92. The number of H-pyrrole nitrogens is 2. The molecule has 5 heterocycles. The number of ether oxygens (including phenoxy) is 1. The Morgan fingerprint density at radius 3 is 2.73 bits per heavy atom. The molecule has 4 aromatic heterocycles. The van der Waals surface area contributed by atoms with Crippen LogP contribution in [0, 0.1) is 0 Å². The third-order valence-corrected chi connectivity index (χ3v) is 5.51. The predicted octanol–water partition coefficient (Wildman–Crippen LogP) is 3.40. The maximum absolute atomic E-state index is 5.48. The molecule has 0 atom stereocenters. The summed E-state index contributed by atoms with van der Waals surface area (Å²) in [6.07, 6.45) is 7.33. The minimum Gasteiger partial charge on any atom is -0.378 e. The topological polar surface area (TPSA) is 95.6 Å². The number of hydrogen-bond acceptors (Lipinski definition) is 6. The Kier molecular flexibility index (Phi) is 3.95. The number of rotatable bonds is 3. The summed E-state index contributed by atoms with van der Waals surface area (Å²) in [6.45, 7) is 3.11. The quantitative estimate of drug-likeness (QED) is 0.484. The number of pyridine rings is 2. The lowest BCUT2D eigenvalue weighted by Crippen LogP contribution is -2.36. The molecule has 1 fully saturated rings. The van der Waals surface area contributed by atoms with E-state index in [2.05, 4.69) is 48.2 Å². The molecular formula is C22H19N7O. The van der Waals surface area contributed by atoms with Gasteiger partial charge < -0.3 is 14.6 Å². The van der Waals surface area contributed by atoms with Gasteiger partial charge in [-0.25, -0.2) is 4.98 Å². The molecule has 0 bridgehead atoms. The van der Waals surface area contributed by atoms with Gasteiger partial charge in [0.15, 0.2) is 5.82 Å². The van der Waals surface area contributed by atoms with Crippen LogP contribution < -0.4 is 4.90 Å². The first-order chi connectivity index (χ1) is 14.9. The summed E-state index contributed by atoms with van der Waals surface area (Å²) in [6, 6.07) is 10.2. The zero-order valence-electron chi connectivity index (χ0n) is 16.2. The van der Waals surface area contributed by atoms with Crippen LogP contribution in [0.4, 0.5) is 5.69 Å². The summed E-state index contributed by atoms with van der Waals surface area (Å²) in [5.41, 5.74) is 6.73. The Labute approximate surface area is 172 Å². The zero-order chi connectivity index (χ0) is 19.9. The Balaban J connectivity index is 1.47. The lowest BCUT2D eigenvalue weighted by Gasteiger charge is -2.28. The summed E-state index contributed by atoms with van der Waals surface area (Å²) >= 11 is 0. The first-order valence-corrected chi connectivity index (χ1v) is 9.92. The van der Waals surface area contributed by atoms with Crippen molar-refractivity contribution in [3.63, 3.8) is 0 Å². The van der Waals surface area contributed by atoms with Crippen LogP contribution in [0.2, 0.25) is 0 Å². The Morgan fingerprint density at radius 2 is 1.87 bits per heavy atom. The second-order valence-corrected chi connectivity index (χ2v) is 7.31. The van der Waals surface area contributed by atoms with Crippen LogP contribution in [0.15, 0.2) is 55.1 Å². The molecule has 8 heteroatoms. The fraction of sp³-hybridized carbons (Fsp3) is 0.182. The van der Waals surface area contributed by atoms with E-state index in [1.807, 2.05) is 30.7 Å². The molecule has 0 spiro atoms. The minimum atomic E-state index is 0.717. The van der Waals surface area contributed by atoms with Crippen LogP contribution in [-0.2, 0) is 4.74 Å². The maximum Gasteiger partial charge on any atom is 0.159 e. The average molecular weight is 397 g/mol. The second kappa shape index (κ2) is 6.93. The van der Waals surface area contributed by atoms with E-state index in [1.54, 1.807) is 6.20 Å². The number of nitrogens with zero attached hydrogens (tertiary/aromatic N) is 5. The van der Waals surface area contributed by atoms with Crippen molar-refractivity contribution in [3.8, 4) is 22.6 Å². The zero-order valence-corrected chi connectivity index (χ0v) is 16.2. The maximum atomic E-state index is 5.48. The molecule has 1 aromatic carbocycles. The number of hydrogen-bond donors (Lipinski definition) is 2. The molecule has 0 aliphatic carbocycles. The van der Waals surface area contributed by atoms with E-state index in [9.17, 15) is 0 Å². The van der Waals surface area contributed by atoms with Gasteiger partial charge in [0.25, 0.3) is 0 Å². The van der Waals surface area contributed by atoms with E-state index in [0.717, 1.165) is 76.6 Å². The van der Waals surface area contributed by atoms with E-state index >= 15 is 0 Å². The number of nitrogens with one attached hydrogen (secondary N) is 2. The molecular weight excluding hydrogens is 378 g/mol. The molecule has 0 radical (unpaired) electrons. The number of aromatic amines is 2. The summed E-state index contributed by atoms with van der Waals surface area (Å²) in [5.74, 6) is 0.724. The lowest BCUT2D eigenvalue weighted by atomic mass is 10.0. The number of fused-ring (bicyclic) bond motifs is 2. The van der Waals surface area contributed by atoms with Crippen molar-refractivity contribution < 1.29 is 4.74 Å². The monoisotopic (exact) mass is 397 g/mol. The molecule has 5 aromatic rings. The third kappa shape index (κ3) is 2.81. The lowest BCUT2D eigenvalue weighted by molar-refractivity contribution is 0.123. The highest BCUT2D eigenvalue weighted by Gasteiger charge is 2.19. The highest BCUT2D eigenvalue weighted by Crippen LogP contribution is 2.32. The van der Waals surface area contributed by atoms with Gasteiger partial charge in [0.1, 0.15) is 11.2 Å². The molecule has 6 rings (SSSR count). The van der Waals surface area contributed by atoms with Crippen LogP contribution in [-0.4, -0.2) is 56.4 Å². The van der Waals surface area contributed by atoms with Gasteiger partial charge in [-0.15, -0.1) is 0 Å². The SMILES string of the molecule is c1cncc(-c2ccc3[nH]nc(-c4nc5c(N6CCOCC6)cncc5[nH]4)c3c2)c1. The fourth-order valence-corrected chi connectivity index (χ4v) is 3.97. The molecule has 8 nitrogen and oxygen atoms in total.